The summed E-state index contributed by atoms with van der Waals surface area (Å²) in [4.78, 5) is 0.0108. The lowest BCUT2D eigenvalue weighted by atomic mass is 10.0. The highest BCUT2D eigenvalue weighted by Gasteiger charge is 2.12. The number of rotatable bonds is 3. The van der Waals surface area contributed by atoms with Gasteiger partial charge in [0.1, 0.15) is 0 Å². The van der Waals surface area contributed by atoms with Crippen molar-refractivity contribution < 1.29 is 13.5 Å². The molecule has 0 saturated carbocycles. The summed E-state index contributed by atoms with van der Waals surface area (Å²) >= 11 is 0. The van der Waals surface area contributed by atoms with Crippen molar-refractivity contribution in [2.75, 3.05) is 0 Å². The van der Waals surface area contributed by atoms with Crippen LogP contribution in [0.4, 0.5) is 0 Å². The number of hydrogen-bond acceptors (Lipinski definition) is 3. The first-order valence-electron chi connectivity index (χ1n) is 7.04. The summed E-state index contributed by atoms with van der Waals surface area (Å²) in [5, 5.41) is 13.9. The second-order valence-corrected chi connectivity index (χ2v) is 6.82. The van der Waals surface area contributed by atoms with Crippen LogP contribution in [0.15, 0.2) is 76.0 Å². The van der Waals surface area contributed by atoms with E-state index in [9.17, 15) is 13.5 Å². The summed E-state index contributed by atoms with van der Waals surface area (Å²) in [7, 11) is -4.02. The number of aryl methyl sites for hydroxylation is 1. The molecule has 0 aliphatic rings. The first-order valence-corrected chi connectivity index (χ1v) is 8.48. The van der Waals surface area contributed by atoms with Crippen LogP contribution >= 0.6 is 0 Å². The van der Waals surface area contributed by atoms with Gasteiger partial charge in [-0.2, -0.15) is 12.8 Å². The first kappa shape index (κ1) is 15.2. The summed E-state index contributed by atoms with van der Waals surface area (Å²) in [6.45, 7) is 1.86. The van der Waals surface area contributed by atoms with Gasteiger partial charge in [-0.15, -0.1) is 0 Å². The molecule has 0 amide bonds. The lowest BCUT2D eigenvalue weighted by Gasteiger charge is -2.13. The SMILES string of the molecule is Cc1ccc(S(=O)(=O)N=C([O-])c2cccc3ccccc23)cc1. The minimum atomic E-state index is -4.02. The molecular weight excluding hydrogens is 310 g/mol. The number of fused-ring (bicyclic) bond motifs is 1. The van der Waals surface area contributed by atoms with Crippen LogP contribution in [0.2, 0.25) is 0 Å². The molecule has 0 aromatic heterocycles. The Hall–Kier alpha value is -2.66. The van der Waals surface area contributed by atoms with Gasteiger partial charge in [-0.3, -0.25) is 0 Å². The van der Waals surface area contributed by atoms with Gasteiger partial charge in [-0.25, -0.2) is 0 Å². The van der Waals surface area contributed by atoms with E-state index in [-0.39, 0.29) is 10.5 Å². The smallest absolute Gasteiger partial charge is 0.281 e. The molecule has 0 saturated heterocycles. The zero-order valence-corrected chi connectivity index (χ0v) is 13.2. The van der Waals surface area contributed by atoms with Crippen molar-refractivity contribution in [1.29, 1.82) is 0 Å². The molecule has 116 valence electrons. The van der Waals surface area contributed by atoms with Crippen molar-refractivity contribution in [3.8, 4) is 0 Å². The highest BCUT2D eigenvalue weighted by molar-refractivity contribution is 7.90. The van der Waals surface area contributed by atoms with Gasteiger partial charge in [0.15, 0.2) is 0 Å². The van der Waals surface area contributed by atoms with Gasteiger partial charge in [0.05, 0.1) is 4.90 Å². The van der Waals surface area contributed by atoms with E-state index in [1.165, 1.54) is 12.1 Å². The van der Waals surface area contributed by atoms with Gasteiger partial charge in [0.25, 0.3) is 10.0 Å². The van der Waals surface area contributed by atoms with E-state index in [0.29, 0.717) is 5.39 Å². The molecule has 5 heteroatoms. The molecule has 4 nitrogen and oxygen atoms in total. The molecule has 0 aliphatic heterocycles. The Morgan fingerprint density at radius 1 is 0.913 bits per heavy atom. The van der Waals surface area contributed by atoms with Crippen LogP contribution in [0.25, 0.3) is 10.8 Å². The monoisotopic (exact) mass is 324 g/mol. The Morgan fingerprint density at radius 2 is 1.57 bits per heavy atom. The van der Waals surface area contributed by atoms with E-state index in [0.717, 1.165) is 10.9 Å². The van der Waals surface area contributed by atoms with Crippen LogP contribution in [0.5, 0.6) is 0 Å². The fourth-order valence-electron chi connectivity index (χ4n) is 2.33. The summed E-state index contributed by atoms with van der Waals surface area (Å²) in [6.07, 6.45) is 0. The van der Waals surface area contributed by atoms with Crippen molar-refractivity contribution in [2.24, 2.45) is 4.40 Å². The summed E-state index contributed by atoms with van der Waals surface area (Å²) in [5.41, 5.74) is 1.21. The van der Waals surface area contributed by atoms with Crippen molar-refractivity contribution in [3.63, 3.8) is 0 Å². The van der Waals surface area contributed by atoms with Gasteiger partial charge in [0.2, 0.25) is 0 Å². The number of benzene rings is 3. The summed E-state index contributed by atoms with van der Waals surface area (Å²) in [5.74, 6) is -0.762. The third-order valence-electron chi connectivity index (χ3n) is 3.54. The van der Waals surface area contributed by atoms with Crippen molar-refractivity contribution in [3.05, 3.63) is 77.9 Å². The van der Waals surface area contributed by atoms with E-state index >= 15 is 0 Å². The molecule has 3 aromatic carbocycles. The fraction of sp³-hybridized carbons (Fsp3) is 0.0556. The lowest BCUT2D eigenvalue weighted by molar-refractivity contribution is -0.212. The van der Waals surface area contributed by atoms with Gasteiger partial charge >= 0.3 is 0 Å². The van der Waals surface area contributed by atoms with Gasteiger partial charge < -0.3 is 5.11 Å². The Bertz CT molecular complexity index is 985. The van der Waals surface area contributed by atoms with Crippen molar-refractivity contribution >= 4 is 26.7 Å². The molecular formula is C18H14NO3S-. The molecule has 0 unspecified atom stereocenters. The number of nitrogens with zero attached hydrogens (tertiary/aromatic N) is 1. The number of hydrogen-bond donors (Lipinski definition) is 0. The second-order valence-electron chi connectivity index (χ2n) is 5.21. The first-order chi connectivity index (χ1) is 11.0. The fourth-order valence-corrected chi connectivity index (χ4v) is 3.24. The molecule has 23 heavy (non-hydrogen) atoms. The van der Waals surface area contributed by atoms with E-state index in [4.69, 9.17) is 0 Å². The Labute approximate surface area is 134 Å². The Kier molecular flexibility index (Phi) is 3.88. The van der Waals surface area contributed by atoms with Crippen LogP contribution < -0.4 is 5.11 Å². The van der Waals surface area contributed by atoms with E-state index < -0.39 is 15.9 Å². The van der Waals surface area contributed by atoms with Crippen molar-refractivity contribution in [2.45, 2.75) is 11.8 Å². The topological polar surface area (TPSA) is 69.6 Å². The quantitative estimate of drug-likeness (QED) is 0.549. The minimum absolute atomic E-state index is 0.0108. The molecule has 0 atom stereocenters. The highest BCUT2D eigenvalue weighted by Crippen LogP contribution is 2.20. The normalized spacial score (nSPS) is 12.5. The predicted octanol–water partition coefficient (Wildman–Crippen LogP) is 2.64. The average molecular weight is 324 g/mol. The van der Waals surface area contributed by atoms with Crippen LogP contribution in [0.1, 0.15) is 11.1 Å². The zero-order valence-electron chi connectivity index (χ0n) is 12.4. The predicted molar refractivity (Wildman–Crippen MR) is 88.8 cm³/mol. The van der Waals surface area contributed by atoms with Crippen molar-refractivity contribution in [1.82, 2.24) is 0 Å². The highest BCUT2D eigenvalue weighted by atomic mass is 32.2. The third-order valence-corrected chi connectivity index (χ3v) is 4.82. The molecule has 3 aromatic rings. The molecule has 0 spiro atoms. The molecule has 0 heterocycles. The van der Waals surface area contributed by atoms with E-state index in [1.54, 1.807) is 36.4 Å². The largest absolute Gasteiger partial charge is 0.858 e. The van der Waals surface area contributed by atoms with Gasteiger partial charge in [-0.1, -0.05) is 60.2 Å². The van der Waals surface area contributed by atoms with E-state index in [2.05, 4.69) is 4.40 Å². The second kappa shape index (κ2) is 5.85. The maximum atomic E-state index is 12.4. The molecule has 0 radical (unpaired) electrons. The Balaban J connectivity index is 2.09. The number of sulfonamides is 1. The maximum absolute atomic E-state index is 12.4. The standard InChI is InChI=1S/C18H15NO3S/c1-13-9-11-15(12-10-13)23(21,22)19-18(20)17-8-4-6-14-5-2-3-7-16(14)17/h2-12H,1H3,(H,19,20)/p-1. The van der Waals surface area contributed by atoms with E-state index in [1.807, 2.05) is 25.1 Å². The third kappa shape index (κ3) is 3.10. The summed E-state index contributed by atoms with van der Waals surface area (Å²) in [6, 6.07) is 18.7. The zero-order chi connectivity index (χ0) is 16.4. The average Bonchev–Trinajstić information content (AvgIpc) is 2.54. The van der Waals surface area contributed by atoms with Gasteiger partial charge in [-0.05, 0) is 35.4 Å². The van der Waals surface area contributed by atoms with Crippen LogP contribution in [0.3, 0.4) is 0 Å². The molecule has 0 aliphatic carbocycles. The summed E-state index contributed by atoms with van der Waals surface area (Å²) < 4.78 is 28.0. The molecule has 0 N–H and O–H groups in total. The molecule has 3 rings (SSSR count). The minimum Gasteiger partial charge on any atom is -0.858 e. The van der Waals surface area contributed by atoms with Crippen LogP contribution in [0, 0.1) is 6.92 Å². The molecule has 0 fully saturated rings. The van der Waals surface area contributed by atoms with Gasteiger partial charge in [0, 0.05) is 5.90 Å². The molecule has 0 bridgehead atoms. The lowest BCUT2D eigenvalue weighted by Crippen LogP contribution is -2.21. The van der Waals surface area contributed by atoms with Crippen LogP contribution in [-0.2, 0) is 10.0 Å². The maximum Gasteiger partial charge on any atom is 0.281 e. The Morgan fingerprint density at radius 3 is 2.30 bits per heavy atom. The van der Waals surface area contributed by atoms with Crippen LogP contribution in [-0.4, -0.2) is 14.3 Å².